The van der Waals surface area contributed by atoms with Crippen LogP contribution in [0, 0.1) is 0 Å². The van der Waals surface area contributed by atoms with Crippen molar-refractivity contribution in [1.29, 1.82) is 0 Å². The Bertz CT molecular complexity index is 471. The van der Waals surface area contributed by atoms with Crippen molar-refractivity contribution in [1.82, 2.24) is 9.03 Å². The molecule has 0 spiro atoms. The summed E-state index contributed by atoms with van der Waals surface area (Å²) in [5.74, 6) is -1.04. The number of methoxy groups -OCH3 is 1. The number of hydrogen-bond donors (Lipinski definition) is 2. The van der Waals surface area contributed by atoms with Gasteiger partial charge in [-0.3, -0.25) is 4.79 Å². The zero-order chi connectivity index (χ0) is 14.4. The van der Waals surface area contributed by atoms with Crippen molar-refractivity contribution in [3.05, 3.63) is 0 Å². The molecule has 0 aliphatic heterocycles. The lowest BCUT2D eigenvalue weighted by Gasteiger charge is -2.16. The van der Waals surface area contributed by atoms with Crippen LogP contribution < -0.4 is 9.86 Å². The molecular formula is C7H17N3O6S2. The topological polar surface area (TPSA) is 136 Å². The van der Waals surface area contributed by atoms with Crippen LogP contribution in [-0.2, 0) is 29.8 Å². The SMILES string of the molecule is COC(=O)CCN(C)S(=O)(=O)NCCS(N)(=O)=O. The van der Waals surface area contributed by atoms with Gasteiger partial charge >= 0.3 is 5.97 Å². The fraction of sp³-hybridized carbons (Fsp3) is 0.857. The molecule has 0 aromatic rings. The van der Waals surface area contributed by atoms with E-state index in [-0.39, 0.29) is 19.5 Å². The van der Waals surface area contributed by atoms with E-state index in [4.69, 9.17) is 5.14 Å². The molecule has 0 rings (SSSR count). The molecule has 3 N–H and O–H groups in total. The molecule has 0 unspecified atom stereocenters. The standard InChI is InChI=1S/C7H17N3O6S2/c1-10(5-3-7(11)16-2)18(14,15)9-4-6-17(8,12)13/h9H,3-6H2,1-2H3,(H2,8,12,13). The van der Waals surface area contributed by atoms with E-state index in [1.807, 2.05) is 4.72 Å². The first-order valence-corrected chi connectivity index (χ1v) is 8.02. The molecule has 0 saturated heterocycles. The number of nitrogens with two attached hydrogens (primary N) is 1. The van der Waals surface area contributed by atoms with E-state index >= 15 is 0 Å². The number of hydrogen-bond acceptors (Lipinski definition) is 6. The minimum atomic E-state index is -3.83. The Balaban J connectivity index is 4.24. The molecule has 0 amide bonds. The molecule has 0 radical (unpaired) electrons. The van der Waals surface area contributed by atoms with E-state index in [1.54, 1.807) is 0 Å². The number of primary sulfonamides is 1. The molecule has 0 aromatic heterocycles. The number of carbonyl (C=O) groups is 1. The zero-order valence-electron chi connectivity index (χ0n) is 10.1. The maximum absolute atomic E-state index is 11.5. The Morgan fingerprint density at radius 2 is 1.89 bits per heavy atom. The summed E-state index contributed by atoms with van der Waals surface area (Å²) in [7, 11) is -5.10. The molecule has 0 fully saturated rings. The van der Waals surface area contributed by atoms with Gasteiger partial charge in [0, 0.05) is 20.1 Å². The summed E-state index contributed by atoms with van der Waals surface area (Å²) in [4.78, 5) is 10.8. The second-order valence-corrected chi connectivity index (χ2v) is 7.01. The lowest BCUT2D eigenvalue weighted by Crippen LogP contribution is -2.41. The van der Waals surface area contributed by atoms with E-state index in [1.165, 1.54) is 14.2 Å². The molecular weight excluding hydrogens is 286 g/mol. The predicted octanol–water partition coefficient (Wildman–Crippen LogP) is -2.40. The molecule has 0 aliphatic carbocycles. The molecule has 0 saturated carbocycles. The lowest BCUT2D eigenvalue weighted by atomic mass is 10.4. The summed E-state index contributed by atoms with van der Waals surface area (Å²) in [5, 5.41) is 4.72. The van der Waals surface area contributed by atoms with Crippen LogP contribution in [0.15, 0.2) is 0 Å². The second-order valence-electron chi connectivity index (χ2n) is 3.41. The van der Waals surface area contributed by atoms with Gasteiger partial charge in [0.2, 0.25) is 10.0 Å². The third-order valence-corrected chi connectivity index (χ3v) is 4.29. The fourth-order valence-corrected chi connectivity index (χ4v) is 2.32. The largest absolute Gasteiger partial charge is 0.469 e. The van der Waals surface area contributed by atoms with E-state index in [0.717, 1.165) is 4.31 Å². The molecule has 108 valence electrons. The minimum Gasteiger partial charge on any atom is -0.469 e. The number of sulfonamides is 1. The van der Waals surface area contributed by atoms with Crippen LogP contribution in [0.2, 0.25) is 0 Å². The Morgan fingerprint density at radius 3 is 2.33 bits per heavy atom. The highest BCUT2D eigenvalue weighted by molar-refractivity contribution is 7.89. The highest BCUT2D eigenvalue weighted by Gasteiger charge is 2.18. The monoisotopic (exact) mass is 303 g/mol. The molecule has 0 heterocycles. The summed E-state index contributed by atoms with van der Waals surface area (Å²) in [6.07, 6.45) is -0.0941. The Kier molecular flexibility index (Phi) is 6.70. The van der Waals surface area contributed by atoms with E-state index < -0.39 is 32.0 Å². The summed E-state index contributed by atoms with van der Waals surface area (Å²) in [5.41, 5.74) is 0. The molecule has 11 heteroatoms. The van der Waals surface area contributed by atoms with E-state index in [2.05, 4.69) is 4.74 Å². The normalized spacial score (nSPS) is 12.7. The van der Waals surface area contributed by atoms with Crippen molar-refractivity contribution in [3.63, 3.8) is 0 Å². The summed E-state index contributed by atoms with van der Waals surface area (Å²) < 4.78 is 51.6. The van der Waals surface area contributed by atoms with Crippen molar-refractivity contribution >= 4 is 26.2 Å². The first-order chi connectivity index (χ1) is 8.08. The van der Waals surface area contributed by atoms with Crippen molar-refractivity contribution in [2.75, 3.05) is 33.0 Å². The number of esters is 1. The Hall–Kier alpha value is -0.750. The third-order valence-electron chi connectivity index (χ3n) is 1.94. The highest BCUT2D eigenvalue weighted by atomic mass is 32.2. The van der Waals surface area contributed by atoms with Gasteiger partial charge in [-0.2, -0.15) is 12.7 Å². The predicted molar refractivity (Wildman–Crippen MR) is 64.2 cm³/mol. The van der Waals surface area contributed by atoms with Gasteiger partial charge in [0.1, 0.15) is 0 Å². The third kappa shape index (κ3) is 7.55. The van der Waals surface area contributed by atoms with Gasteiger partial charge in [-0.1, -0.05) is 0 Å². The van der Waals surface area contributed by atoms with Crippen molar-refractivity contribution in [2.45, 2.75) is 6.42 Å². The molecule has 0 aromatic carbocycles. The Labute approximate surface area is 107 Å². The smallest absolute Gasteiger partial charge is 0.306 e. The van der Waals surface area contributed by atoms with E-state index in [9.17, 15) is 21.6 Å². The molecule has 9 nitrogen and oxygen atoms in total. The van der Waals surface area contributed by atoms with Crippen LogP contribution in [0.25, 0.3) is 0 Å². The first kappa shape index (κ1) is 17.2. The summed E-state index contributed by atoms with van der Waals surface area (Å²) in [6.45, 7) is -0.402. The average Bonchev–Trinajstić information content (AvgIpc) is 2.22. The second kappa shape index (κ2) is 6.99. The summed E-state index contributed by atoms with van der Waals surface area (Å²) >= 11 is 0. The number of nitrogens with zero attached hydrogens (tertiary/aromatic N) is 1. The molecule has 0 bridgehead atoms. The van der Waals surface area contributed by atoms with Gasteiger partial charge in [-0.15, -0.1) is 0 Å². The van der Waals surface area contributed by atoms with Gasteiger partial charge in [0.25, 0.3) is 10.2 Å². The molecule has 18 heavy (non-hydrogen) atoms. The first-order valence-electron chi connectivity index (χ1n) is 4.86. The quantitative estimate of drug-likeness (QED) is 0.480. The number of ether oxygens (including phenoxy) is 1. The van der Waals surface area contributed by atoms with Gasteiger partial charge in [0.15, 0.2) is 0 Å². The fourth-order valence-electron chi connectivity index (χ4n) is 0.894. The highest BCUT2D eigenvalue weighted by Crippen LogP contribution is 1.96. The number of rotatable bonds is 8. The van der Waals surface area contributed by atoms with E-state index in [0.29, 0.717) is 0 Å². The summed E-state index contributed by atoms with van der Waals surface area (Å²) in [6, 6.07) is 0. The van der Waals surface area contributed by atoms with Crippen LogP contribution in [0.3, 0.4) is 0 Å². The Morgan fingerprint density at radius 1 is 1.33 bits per heavy atom. The van der Waals surface area contributed by atoms with Crippen LogP contribution in [0.4, 0.5) is 0 Å². The molecule has 0 aliphatic rings. The van der Waals surface area contributed by atoms with Crippen LogP contribution in [0.1, 0.15) is 6.42 Å². The number of carbonyl (C=O) groups excluding carboxylic acids is 1. The number of nitrogens with one attached hydrogen (secondary N) is 1. The van der Waals surface area contributed by atoms with Crippen molar-refractivity contribution in [2.24, 2.45) is 5.14 Å². The zero-order valence-corrected chi connectivity index (χ0v) is 11.8. The van der Waals surface area contributed by atoms with Gasteiger partial charge in [-0.05, 0) is 0 Å². The van der Waals surface area contributed by atoms with Crippen LogP contribution in [0.5, 0.6) is 0 Å². The van der Waals surface area contributed by atoms with Gasteiger partial charge < -0.3 is 4.74 Å². The van der Waals surface area contributed by atoms with Crippen LogP contribution >= 0.6 is 0 Å². The molecule has 0 atom stereocenters. The average molecular weight is 303 g/mol. The maximum Gasteiger partial charge on any atom is 0.306 e. The van der Waals surface area contributed by atoms with Crippen molar-refractivity contribution < 1.29 is 26.4 Å². The minimum absolute atomic E-state index is 0.0720. The van der Waals surface area contributed by atoms with Crippen LogP contribution in [-0.4, -0.2) is 60.1 Å². The maximum atomic E-state index is 11.5. The van der Waals surface area contributed by atoms with Gasteiger partial charge in [-0.25, -0.2) is 18.3 Å². The van der Waals surface area contributed by atoms with Crippen molar-refractivity contribution in [3.8, 4) is 0 Å². The lowest BCUT2D eigenvalue weighted by molar-refractivity contribution is -0.140. The van der Waals surface area contributed by atoms with Gasteiger partial charge in [0.05, 0.1) is 19.3 Å².